The SMILES string of the molecule is CCCCC1CCc2cc(N(C)C)ccc2N1C(=O)CC(=O)Nc1c(C(C)C)cccc1C(C)C. The molecule has 2 aromatic carbocycles. The van der Waals surface area contributed by atoms with Crippen LogP contribution in [-0.4, -0.2) is 32.0 Å². The number of hydrogen-bond acceptors (Lipinski definition) is 3. The fourth-order valence-corrected chi connectivity index (χ4v) is 5.09. The Kier molecular flexibility index (Phi) is 8.98. The molecule has 1 aliphatic rings. The lowest BCUT2D eigenvalue weighted by atomic mass is 9.91. The van der Waals surface area contributed by atoms with E-state index in [4.69, 9.17) is 0 Å². The highest BCUT2D eigenvalue weighted by Crippen LogP contribution is 2.36. The van der Waals surface area contributed by atoms with Gasteiger partial charge >= 0.3 is 0 Å². The molecule has 0 aliphatic carbocycles. The maximum absolute atomic E-state index is 13.6. The first-order valence-electron chi connectivity index (χ1n) is 13.2. The third kappa shape index (κ3) is 6.25. The van der Waals surface area contributed by atoms with Gasteiger partial charge in [0.05, 0.1) is 0 Å². The van der Waals surface area contributed by atoms with E-state index in [1.165, 1.54) is 5.56 Å². The van der Waals surface area contributed by atoms with Crippen molar-refractivity contribution >= 4 is 28.9 Å². The molecule has 0 bridgehead atoms. The molecule has 1 atom stereocenters. The molecule has 0 aromatic heterocycles. The standard InChI is InChI=1S/C30H43N3O2/c1-8-9-11-23-15-14-22-18-24(32(6)7)16-17-27(22)33(23)29(35)19-28(34)31-30-25(20(2)3)12-10-13-26(30)21(4)5/h10,12-13,16-18,20-21,23H,8-9,11,14-15,19H2,1-7H3,(H,31,34). The lowest BCUT2D eigenvalue weighted by Gasteiger charge is -2.38. The smallest absolute Gasteiger partial charge is 0.236 e. The number of nitrogens with zero attached hydrogens (tertiary/aromatic N) is 2. The molecule has 0 radical (unpaired) electrons. The van der Waals surface area contributed by atoms with Gasteiger partial charge in [0.15, 0.2) is 0 Å². The molecule has 190 valence electrons. The van der Waals surface area contributed by atoms with E-state index in [0.29, 0.717) is 0 Å². The van der Waals surface area contributed by atoms with Crippen molar-refractivity contribution in [2.45, 2.75) is 91.0 Å². The van der Waals surface area contributed by atoms with E-state index in [1.807, 2.05) is 19.0 Å². The van der Waals surface area contributed by atoms with Crippen LogP contribution >= 0.6 is 0 Å². The van der Waals surface area contributed by atoms with Gasteiger partial charge in [-0.1, -0.05) is 65.7 Å². The van der Waals surface area contributed by atoms with Crippen molar-refractivity contribution in [3.05, 3.63) is 53.1 Å². The molecule has 2 amide bonds. The molecular formula is C30H43N3O2. The van der Waals surface area contributed by atoms with Crippen molar-refractivity contribution < 1.29 is 9.59 Å². The lowest BCUT2D eigenvalue weighted by molar-refractivity contribution is -0.125. The lowest BCUT2D eigenvalue weighted by Crippen LogP contribution is -2.45. The minimum atomic E-state index is -0.240. The van der Waals surface area contributed by atoms with Gasteiger partial charge in [-0.05, 0) is 66.0 Å². The van der Waals surface area contributed by atoms with Gasteiger partial charge in [0.25, 0.3) is 0 Å². The summed E-state index contributed by atoms with van der Waals surface area (Å²) in [6.45, 7) is 10.7. The highest BCUT2D eigenvalue weighted by molar-refractivity contribution is 6.10. The van der Waals surface area contributed by atoms with Gasteiger partial charge in [0.2, 0.25) is 11.8 Å². The van der Waals surface area contributed by atoms with Crippen LogP contribution in [0, 0.1) is 0 Å². The predicted octanol–water partition coefficient (Wildman–Crippen LogP) is 6.87. The van der Waals surface area contributed by atoms with E-state index in [2.05, 4.69) is 81.2 Å². The number of amides is 2. The van der Waals surface area contributed by atoms with Gasteiger partial charge in [-0.15, -0.1) is 0 Å². The fourth-order valence-electron chi connectivity index (χ4n) is 5.09. The molecule has 1 heterocycles. The summed E-state index contributed by atoms with van der Waals surface area (Å²) in [6, 6.07) is 12.6. The number of carbonyl (C=O) groups is 2. The van der Waals surface area contributed by atoms with Crippen LogP contribution in [0.1, 0.15) is 95.2 Å². The van der Waals surface area contributed by atoms with Crippen molar-refractivity contribution in [1.29, 1.82) is 0 Å². The molecular weight excluding hydrogens is 434 g/mol. The van der Waals surface area contributed by atoms with E-state index in [-0.39, 0.29) is 36.1 Å². The summed E-state index contributed by atoms with van der Waals surface area (Å²) in [7, 11) is 4.06. The predicted molar refractivity (Wildman–Crippen MR) is 148 cm³/mol. The summed E-state index contributed by atoms with van der Waals surface area (Å²) >= 11 is 0. The number of unbranched alkanes of at least 4 members (excludes halogenated alkanes) is 1. The number of fused-ring (bicyclic) bond motifs is 1. The third-order valence-corrected chi connectivity index (χ3v) is 7.06. The number of para-hydroxylation sites is 1. The van der Waals surface area contributed by atoms with Crippen LogP contribution in [-0.2, 0) is 16.0 Å². The van der Waals surface area contributed by atoms with Gasteiger partial charge in [0.1, 0.15) is 6.42 Å². The average molecular weight is 478 g/mol. The van der Waals surface area contributed by atoms with Crippen molar-refractivity contribution in [2.24, 2.45) is 0 Å². The molecule has 1 N–H and O–H groups in total. The average Bonchev–Trinajstić information content (AvgIpc) is 2.81. The summed E-state index contributed by atoms with van der Waals surface area (Å²) < 4.78 is 0. The Balaban J connectivity index is 1.87. The van der Waals surface area contributed by atoms with Crippen LogP contribution in [0.2, 0.25) is 0 Å². The topological polar surface area (TPSA) is 52.7 Å². The molecule has 35 heavy (non-hydrogen) atoms. The minimum Gasteiger partial charge on any atom is -0.378 e. The van der Waals surface area contributed by atoms with E-state index >= 15 is 0 Å². The largest absolute Gasteiger partial charge is 0.378 e. The first kappa shape index (κ1) is 26.8. The second kappa shape index (κ2) is 11.7. The van der Waals surface area contributed by atoms with Gasteiger partial charge in [-0.2, -0.15) is 0 Å². The Morgan fingerprint density at radius 3 is 2.29 bits per heavy atom. The van der Waals surface area contributed by atoms with Crippen molar-refractivity contribution in [3.8, 4) is 0 Å². The van der Waals surface area contributed by atoms with Crippen LogP contribution in [0.15, 0.2) is 36.4 Å². The Morgan fingerprint density at radius 2 is 1.71 bits per heavy atom. The first-order valence-corrected chi connectivity index (χ1v) is 13.2. The molecule has 1 aliphatic heterocycles. The van der Waals surface area contributed by atoms with Gasteiger partial charge in [0, 0.05) is 37.2 Å². The zero-order chi connectivity index (χ0) is 25.7. The zero-order valence-corrected chi connectivity index (χ0v) is 22.6. The van der Waals surface area contributed by atoms with Crippen molar-refractivity contribution in [1.82, 2.24) is 0 Å². The zero-order valence-electron chi connectivity index (χ0n) is 22.6. The Bertz CT molecular complexity index is 1020. The number of nitrogens with one attached hydrogen (secondary N) is 1. The second-order valence-corrected chi connectivity index (χ2v) is 10.7. The molecule has 1 unspecified atom stereocenters. The minimum absolute atomic E-state index is 0.115. The molecule has 0 saturated heterocycles. The quantitative estimate of drug-likeness (QED) is 0.401. The number of hydrogen-bond donors (Lipinski definition) is 1. The van der Waals surface area contributed by atoms with E-state index in [1.54, 1.807) is 0 Å². The van der Waals surface area contributed by atoms with Gasteiger partial charge < -0.3 is 15.1 Å². The summed E-state index contributed by atoms with van der Waals surface area (Å²) in [5.74, 6) is 0.197. The molecule has 0 fully saturated rings. The number of carbonyl (C=O) groups excluding carboxylic acids is 2. The Hall–Kier alpha value is -2.82. The van der Waals surface area contributed by atoms with E-state index in [9.17, 15) is 9.59 Å². The maximum atomic E-state index is 13.6. The third-order valence-electron chi connectivity index (χ3n) is 7.06. The molecule has 0 spiro atoms. The van der Waals surface area contributed by atoms with Crippen LogP contribution in [0.5, 0.6) is 0 Å². The van der Waals surface area contributed by atoms with E-state index < -0.39 is 0 Å². The summed E-state index contributed by atoms with van der Waals surface area (Å²) in [5.41, 5.74) is 6.37. The molecule has 2 aromatic rings. The van der Waals surface area contributed by atoms with Gasteiger partial charge in [-0.25, -0.2) is 0 Å². The highest BCUT2D eigenvalue weighted by Gasteiger charge is 2.32. The van der Waals surface area contributed by atoms with Gasteiger partial charge in [-0.3, -0.25) is 9.59 Å². The molecule has 5 nitrogen and oxygen atoms in total. The van der Waals surface area contributed by atoms with Crippen LogP contribution in [0.25, 0.3) is 0 Å². The normalized spacial score (nSPS) is 15.3. The van der Waals surface area contributed by atoms with Crippen LogP contribution in [0.4, 0.5) is 17.1 Å². The summed E-state index contributed by atoms with van der Waals surface area (Å²) in [4.78, 5) is 30.9. The number of rotatable bonds is 9. The second-order valence-electron chi connectivity index (χ2n) is 10.7. The van der Waals surface area contributed by atoms with Crippen molar-refractivity contribution in [2.75, 3.05) is 29.2 Å². The van der Waals surface area contributed by atoms with Crippen LogP contribution < -0.4 is 15.1 Å². The maximum Gasteiger partial charge on any atom is 0.236 e. The molecule has 0 saturated carbocycles. The summed E-state index contributed by atoms with van der Waals surface area (Å²) in [5, 5.41) is 3.12. The number of benzene rings is 2. The van der Waals surface area contributed by atoms with E-state index in [0.717, 1.165) is 60.3 Å². The first-order chi connectivity index (χ1) is 16.6. The Labute approximate surface area is 211 Å². The Morgan fingerprint density at radius 1 is 1.06 bits per heavy atom. The highest BCUT2D eigenvalue weighted by atomic mass is 16.2. The monoisotopic (exact) mass is 477 g/mol. The molecule has 5 heteroatoms. The molecule has 3 rings (SSSR count). The number of anilines is 3. The van der Waals surface area contributed by atoms with Crippen molar-refractivity contribution in [3.63, 3.8) is 0 Å². The number of aryl methyl sites for hydroxylation is 1. The fraction of sp³-hybridized carbons (Fsp3) is 0.533. The van der Waals surface area contributed by atoms with Crippen LogP contribution in [0.3, 0.4) is 0 Å². The summed E-state index contributed by atoms with van der Waals surface area (Å²) in [6.07, 6.45) is 4.88.